The van der Waals surface area contributed by atoms with Crippen LogP contribution in [-0.4, -0.2) is 51.2 Å². The maximum atomic E-state index is 14.0. The average molecular weight is 586 g/mol. The first kappa shape index (κ1) is 26.1. The number of ether oxygens (including phenoxy) is 1. The number of fused-ring (bicyclic) bond motifs is 2. The number of hydrogen-bond donors (Lipinski definition) is 2. The van der Waals surface area contributed by atoms with Gasteiger partial charge in [0.2, 0.25) is 6.35 Å². The first-order chi connectivity index (χ1) is 17.6. The largest absolute Gasteiger partial charge is 0.364 e. The van der Waals surface area contributed by atoms with Gasteiger partial charge in [0.25, 0.3) is 5.91 Å². The molecule has 0 spiro atoms. The molecular weight excluding hydrogens is 558 g/mol. The molecule has 37 heavy (non-hydrogen) atoms. The predicted octanol–water partition coefficient (Wildman–Crippen LogP) is 5.50. The predicted molar refractivity (Wildman–Crippen MR) is 143 cm³/mol. The van der Waals surface area contributed by atoms with E-state index in [1.165, 1.54) is 5.01 Å². The number of aliphatic hydroxyl groups is 1. The van der Waals surface area contributed by atoms with E-state index in [9.17, 15) is 9.90 Å². The number of nitrogens with one attached hydrogen (secondary N) is 1. The Hall–Kier alpha value is -1.13. The minimum absolute atomic E-state index is 0.106. The summed E-state index contributed by atoms with van der Waals surface area (Å²) >= 11 is 25.0. The second-order valence-corrected chi connectivity index (χ2v) is 12.1. The fraction of sp³-hybridized carbons (Fsp3) is 0.500. The molecule has 6 rings (SSSR count). The van der Waals surface area contributed by atoms with Gasteiger partial charge >= 0.3 is 0 Å². The fourth-order valence-electron chi connectivity index (χ4n) is 6.04. The number of aliphatic hydroxyl groups excluding tert-OH is 1. The molecule has 1 saturated heterocycles. The topological polar surface area (TPSA) is 68.3 Å². The monoisotopic (exact) mass is 584 g/mol. The van der Waals surface area contributed by atoms with Crippen LogP contribution in [0.5, 0.6) is 0 Å². The van der Waals surface area contributed by atoms with Crippen LogP contribution in [0, 0.1) is 5.92 Å². The van der Waals surface area contributed by atoms with Gasteiger partial charge in [0.1, 0.15) is 5.54 Å². The Morgan fingerprint density at radius 3 is 2.14 bits per heavy atom. The molecule has 2 aromatic rings. The summed E-state index contributed by atoms with van der Waals surface area (Å²) in [5, 5.41) is 19.6. The molecular formula is C26H28Cl4N4O3. The van der Waals surface area contributed by atoms with E-state index in [1.54, 1.807) is 0 Å². The third-order valence-corrected chi connectivity index (χ3v) is 9.76. The Kier molecular flexibility index (Phi) is 6.71. The maximum absolute atomic E-state index is 14.0. The highest BCUT2D eigenvalue weighted by Crippen LogP contribution is 2.47. The van der Waals surface area contributed by atoms with Gasteiger partial charge in [-0.3, -0.25) is 15.0 Å². The number of carbonyl (C=O) groups excluding carboxylic acids is 1. The summed E-state index contributed by atoms with van der Waals surface area (Å²) in [6.07, 6.45) is 0.664. The quantitative estimate of drug-likeness (QED) is 0.467. The summed E-state index contributed by atoms with van der Waals surface area (Å²) in [6.45, 7) is 5.74. The van der Waals surface area contributed by atoms with Crippen LogP contribution in [0.3, 0.4) is 0 Å². The molecule has 11 heteroatoms. The summed E-state index contributed by atoms with van der Waals surface area (Å²) in [5.41, 5.74) is 3.27. The molecule has 1 aliphatic carbocycles. The van der Waals surface area contributed by atoms with Gasteiger partial charge in [0.15, 0.2) is 0 Å². The first-order valence-electron chi connectivity index (χ1n) is 12.4. The molecule has 2 N–H and O–H groups in total. The van der Waals surface area contributed by atoms with E-state index >= 15 is 0 Å². The van der Waals surface area contributed by atoms with Crippen LogP contribution >= 0.6 is 46.4 Å². The fourth-order valence-corrected chi connectivity index (χ4v) is 6.76. The number of halogens is 4. The second kappa shape index (κ2) is 9.51. The molecule has 3 heterocycles. The Balaban J connectivity index is 1.17. The van der Waals surface area contributed by atoms with E-state index in [4.69, 9.17) is 51.1 Å². The lowest BCUT2D eigenvalue weighted by molar-refractivity contribution is -0.173. The molecule has 2 aromatic carbocycles. The van der Waals surface area contributed by atoms with Crippen LogP contribution in [0.4, 0.5) is 0 Å². The van der Waals surface area contributed by atoms with Crippen molar-refractivity contribution in [3.63, 3.8) is 0 Å². The Bertz CT molecular complexity index is 1270. The maximum Gasteiger partial charge on any atom is 0.263 e. The van der Waals surface area contributed by atoms with Gasteiger partial charge in [-0.1, -0.05) is 46.4 Å². The van der Waals surface area contributed by atoms with E-state index in [0.29, 0.717) is 39.9 Å². The minimum atomic E-state index is -1.15. The van der Waals surface area contributed by atoms with E-state index in [2.05, 4.69) is 17.1 Å². The average Bonchev–Trinajstić information content (AvgIpc) is 3.56. The van der Waals surface area contributed by atoms with Crippen LogP contribution in [0.15, 0.2) is 24.3 Å². The molecule has 0 aromatic heterocycles. The Morgan fingerprint density at radius 2 is 1.51 bits per heavy atom. The smallest absolute Gasteiger partial charge is 0.263 e. The van der Waals surface area contributed by atoms with Gasteiger partial charge < -0.3 is 9.84 Å². The second-order valence-electron chi connectivity index (χ2n) is 10.5. The van der Waals surface area contributed by atoms with Crippen molar-refractivity contribution in [2.24, 2.45) is 5.92 Å². The van der Waals surface area contributed by atoms with Crippen LogP contribution < -0.4 is 5.32 Å². The zero-order valence-corrected chi connectivity index (χ0v) is 23.5. The van der Waals surface area contributed by atoms with Crippen molar-refractivity contribution in [1.82, 2.24) is 20.2 Å². The molecule has 1 amide bonds. The number of carbonyl (C=O) groups is 1. The lowest BCUT2D eigenvalue weighted by Gasteiger charge is -2.34. The van der Waals surface area contributed by atoms with Crippen LogP contribution in [0.25, 0.3) is 0 Å². The van der Waals surface area contributed by atoms with E-state index in [0.717, 1.165) is 35.1 Å². The van der Waals surface area contributed by atoms with Crippen molar-refractivity contribution >= 4 is 52.3 Å². The highest BCUT2D eigenvalue weighted by atomic mass is 35.5. The highest BCUT2D eigenvalue weighted by Gasteiger charge is 2.61. The number of rotatable bonds is 6. The number of hydrazine groups is 1. The summed E-state index contributed by atoms with van der Waals surface area (Å²) in [7, 11) is 0. The summed E-state index contributed by atoms with van der Waals surface area (Å²) < 4.78 is 6.20. The third-order valence-electron chi connectivity index (χ3n) is 8.31. The lowest BCUT2D eigenvalue weighted by Crippen LogP contribution is -2.54. The van der Waals surface area contributed by atoms with Gasteiger partial charge in [-0.2, -0.15) is 0 Å². The molecule has 0 bridgehead atoms. The standard InChI is InChI=1S/C26H28Cl4N4O3/c1-13-18-7-22(29)20(27)5-15(18)9-32(13)12-37-11-26(17-3-4-17)24(35)34(25(36)31-26)33-10-16-6-21(28)23(30)8-19(16)14(33)2/h5-8,13-14,17,25,31,36H,3-4,9-12H2,1-2H3/t13?,14?,25?,26-/m0/s1. The minimum Gasteiger partial charge on any atom is -0.364 e. The Morgan fingerprint density at radius 1 is 0.946 bits per heavy atom. The Labute approximate surface area is 236 Å². The van der Waals surface area contributed by atoms with Crippen LogP contribution in [0.2, 0.25) is 20.1 Å². The molecule has 4 aliphatic rings. The highest BCUT2D eigenvalue weighted by molar-refractivity contribution is 6.42. The van der Waals surface area contributed by atoms with E-state index < -0.39 is 11.9 Å². The normalized spacial score (nSPS) is 29.9. The van der Waals surface area contributed by atoms with Crippen molar-refractivity contribution in [1.29, 1.82) is 0 Å². The van der Waals surface area contributed by atoms with Crippen molar-refractivity contribution < 1.29 is 14.6 Å². The van der Waals surface area contributed by atoms with Gasteiger partial charge in [-0.05, 0) is 79.1 Å². The van der Waals surface area contributed by atoms with Gasteiger partial charge in [-0.25, -0.2) is 10.0 Å². The zero-order valence-electron chi connectivity index (χ0n) is 20.5. The first-order valence-corrected chi connectivity index (χ1v) is 14.0. The number of hydrogen-bond acceptors (Lipinski definition) is 6. The van der Waals surface area contributed by atoms with Crippen LogP contribution in [-0.2, 0) is 22.6 Å². The molecule has 3 aliphatic heterocycles. The summed E-state index contributed by atoms with van der Waals surface area (Å²) in [4.78, 5) is 16.1. The molecule has 7 nitrogen and oxygen atoms in total. The van der Waals surface area contributed by atoms with Crippen molar-refractivity contribution in [2.75, 3.05) is 13.3 Å². The molecule has 2 fully saturated rings. The molecule has 1 saturated carbocycles. The summed E-state index contributed by atoms with van der Waals surface area (Å²) in [6, 6.07) is 7.47. The van der Waals surface area contributed by atoms with Crippen molar-refractivity contribution in [3.8, 4) is 0 Å². The number of amides is 1. The van der Waals surface area contributed by atoms with E-state index in [-0.39, 0.29) is 30.5 Å². The van der Waals surface area contributed by atoms with Gasteiger partial charge in [0, 0.05) is 19.1 Å². The third kappa shape index (κ3) is 4.28. The van der Waals surface area contributed by atoms with Gasteiger partial charge in [-0.15, -0.1) is 0 Å². The number of benzene rings is 2. The van der Waals surface area contributed by atoms with Crippen LogP contribution in [0.1, 0.15) is 61.0 Å². The molecule has 4 atom stereocenters. The van der Waals surface area contributed by atoms with Crippen molar-refractivity contribution in [3.05, 3.63) is 66.6 Å². The lowest BCUT2D eigenvalue weighted by atomic mass is 9.94. The molecule has 0 radical (unpaired) electrons. The summed E-state index contributed by atoms with van der Waals surface area (Å²) in [5.74, 6) is -0.0645. The molecule has 3 unspecified atom stereocenters. The number of nitrogens with zero attached hydrogens (tertiary/aromatic N) is 3. The zero-order chi connectivity index (χ0) is 26.2. The van der Waals surface area contributed by atoms with Gasteiger partial charge in [0.05, 0.1) is 39.5 Å². The van der Waals surface area contributed by atoms with Crippen molar-refractivity contribution in [2.45, 2.75) is 63.8 Å². The SMILES string of the molecule is CC1c2cc(Cl)c(Cl)cc2CN1COC[C@@]1(C2CC2)NC(O)N(N2Cc3cc(Cl)c(Cl)cc3C2C)C1=O. The molecule has 198 valence electrons. The van der Waals surface area contributed by atoms with E-state index in [1.807, 2.05) is 36.2 Å².